The Morgan fingerprint density at radius 2 is 2.53 bits per heavy atom. The van der Waals surface area contributed by atoms with Gasteiger partial charge in [0.05, 0.1) is 18.4 Å². The van der Waals surface area contributed by atoms with Crippen LogP contribution in [-0.4, -0.2) is 10.9 Å². The SMILES string of the molecule is NNC(=O)Cc1csc(-c2ccco2)n1. The second-order valence-electron chi connectivity index (χ2n) is 2.87. The minimum Gasteiger partial charge on any atom is -0.462 e. The van der Waals surface area contributed by atoms with Crippen LogP contribution in [0.25, 0.3) is 10.8 Å². The van der Waals surface area contributed by atoms with Gasteiger partial charge in [-0.2, -0.15) is 0 Å². The van der Waals surface area contributed by atoms with Gasteiger partial charge in [0.15, 0.2) is 10.8 Å². The van der Waals surface area contributed by atoms with E-state index in [1.807, 2.05) is 11.4 Å². The van der Waals surface area contributed by atoms with E-state index in [4.69, 9.17) is 10.3 Å². The lowest BCUT2D eigenvalue weighted by atomic mass is 10.3. The summed E-state index contributed by atoms with van der Waals surface area (Å²) in [6, 6.07) is 3.62. The summed E-state index contributed by atoms with van der Waals surface area (Å²) in [6.45, 7) is 0. The number of furan rings is 1. The largest absolute Gasteiger partial charge is 0.462 e. The van der Waals surface area contributed by atoms with Crippen molar-refractivity contribution in [2.24, 2.45) is 5.84 Å². The molecule has 1 amide bonds. The smallest absolute Gasteiger partial charge is 0.239 e. The number of carbonyl (C=O) groups excluding carboxylic acids is 1. The first-order valence-corrected chi connectivity index (χ1v) is 5.15. The van der Waals surface area contributed by atoms with E-state index in [1.54, 1.807) is 12.3 Å². The molecule has 6 heteroatoms. The maximum Gasteiger partial charge on any atom is 0.239 e. The third-order valence-electron chi connectivity index (χ3n) is 1.79. The lowest BCUT2D eigenvalue weighted by molar-refractivity contribution is -0.120. The van der Waals surface area contributed by atoms with E-state index in [1.165, 1.54) is 11.3 Å². The number of rotatable bonds is 3. The van der Waals surface area contributed by atoms with Crippen LogP contribution >= 0.6 is 11.3 Å². The molecule has 0 bridgehead atoms. The van der Waals surface area contributed by atoms with E-state index in [2.05, 4.69) is 10.4 Å². The Hall–Kier alpha value is -1.66. The molecule has 5 nitrogen and oxygen atoms in total. The Morgan fingerprint density at radius 1 is 1.67 bits per heavy atom. The highest BCUT2D eigenvalue weighted by Crippen LogP contribution is 2.23. The molecule has 0 fully saturated rings. The number of nitrogens with one attached hydrogen (secondary N) is 1. The summed E-state index contributed by atoms with van der Waals surface area (Å²) in [5.74, 6) is 5.43. The number of hydrazine groups is 1. The molecule has 0 aromatic carbocycles. The molecule has 0 unspecified atom stereocenters. The average Bonchev–Trinajstić information content (AvgIpc) is 2.85. The molecule has 0 atom stereocenters. The zero-order chi connectivity index (χ0) is 10.7. The summed E-state index contributed by atoms with van der Waals surface area (Å²) < 4.78 is 5.19. The zero-order valence-corrected chi connectivity index (χ0v) is 8.58. The van der Waals surface area contributed by atoms with Crippen molar-refractivity contribution in [3.05, 3.63) is 29.5 Å². The molecule has 2 aromatic rings. The molecule has 2 rings (SSSR count). The second-order valence-corrected chi connectivity index (χ2v) is 3.72. The maximum absolute atomic E-state index is 11.0. The van der Waals surface area contributed by atoms with Crippen LogP contribution in [0.3, 0.4) is 0 Å². The van der Waals surface area contributed by atoms with Gasteiger partial charge in [-0.25, -0.2) is 10.8 Å². The van der Waals surface area contributed by atoms with Crippen LogP contribution in [0, 0.1) is 0 Å². The molecule has 0 radical (unpaired) electrons. The van der Waals surface area contributed by atoms with E-state index >= 15 is 0 Å². The van der Waals surface area contributed by atoms with Gasteiger partial charge in [-0.15, -0.1) is 11.3 Å². The number of amides is 1. The molecule has 3 N–H and O–H groups in total. The minimum atomic E-state index is -0.258. The zero-order valence-electron chi connectivity index (χ0n) is 7.77. The predicted octanol–water partition coefficient (Wildman–Crippen LogP) is 0.936. The second kappa shape index (κ2) is 4.24. The normalized spacial score (nSPS) is 10.2. The maximum atomic E-state index is 11.0. The van der Waals surface area contributed by atoms with Crippen LogP contribution < -0.4 is 11.3 Å². The van der Waals surface area contributed by atoms with E-state index < -0.39 is 0 Å². The molecular formula is C9H9N3O2S. The van der Waals surface area contributed by atoms with E-state index in [0.29, 0.717) is 11.5 Å². The molecule has 0 saturated carbocycles. The van der Waals surface area contributed by atoms with E-state index in [9.17, 15) is 4.79 Å². The van der Waals surface area contributed by atoms with Crippen molar-refractivity contribution in [2.45, 2.75) is 6.42 Å². The fourth-order valence-electron chi connectivity index (χ4n) is 1.12. The van der Waals surface area contributed by atoms with Crippen LogP contribution in [0.4, 0.5) is 0 Å². The summed E-state index contributed by atoms with van der Waals surface area (Å²) in [5, 5.41) is 2.58. The predicted molar refractivity (Wildman–Crippen MR) is 55.9 cm³/mol. The Bertz CT molecular complexity index is 450. The first-order valence-electron chi connectivity index (χ1n) is 4.27. The van der Waals surface area contributed by atoms with Gasteiger partial charge in [0, 0.05) is 5.38 Å². The van der Waals surface area contributed by atoms with Crippen LogP contribution in [0.2, 0.25) is 0 Å². The fraction of sp³-hybridized carbons (Fsp3) is 0.111. The van der Waals surface area contributed by atoms with Crippen LogP contribution in [0.15, 0.2) is 28.2 Å². The van der Waals surface area contributed by atoms with Crippen LogP contribution in [0.5, 0.6) is 0 Å². The molecule has 2 heterocycles. The molecule has 0 aliphatic heterocycles. The highest BCUT2D eigenvalue weighted by Gasteiger charge is 2.09. The molecule has 0 aliphatic rings. The molecule has 0 spiro atoms. The molecule has 0 saturated heterocycles. The molecule has 15 heavy (non-hydrogen) atoms. The Labute approximate surface area is 89.9 Å². The van der Waals surface area contributed by atoms with Crippen molar-refractivity contribution in [1.29, 1.82) is 0 Å². The van der Waals surface area contributed by atoms with Crippen molar-refractivity contribution in [3.63, 3.8) is 0 Å². The molecule has 0 aliphatic carbocycles. The third-order valence-corrected chi connectivity index (χ3v) is 2.69. The monoisotopic (exact) mass is 223 g/mol. The van der Waals surface area contributed by atoms with Crippen molar-refractivity contribution in [2.75, 3.05) is 0 Å². The fourth-order valence-corrected chi connectivity index (χ4v) is 1.90. The quantitative estimate of drug-likeness (QED) is 0.461. The third kappa shape index (κ3) is 2.23. The lowest BCUT2D eigenvalue weighted by Gasteiger charge is -1.94. The van der Waals surface area contributed by atoms with Gasteiger partial charge < -0.3 is 4.42 Å². The molecule has 2 aromatic heterocycles. The highest BCUT2D eigenvalue weighted by molar-refractivity contribution is 7.13. The first-order chi connectivity index (χ1) is 7.29. The number of thiazole rings is 1. The first kappa shape index (κ1) is 9.88. The number of hydrogen-bond acceptors (Lipinski definition) is 5. The summed E-state index contributed by atoms with van der Waals surface area (Å²) in [7, 11) is 0. The van der Waals surface area contributed by atoms with Gasteiger partial charge in [0.1, 0.15) is 0 Å². The van der Waals surface area contributed by atoms with Crippen molar-refractivity contribution in [3.8, 4) is 10.8 Å². The van der Waals surface area contributed by atoms with Crippen molar-refractivity contribution in [1.82, 2.24) is 10.4 Å². The Balaban J connectivity index is 2.14. The topological polar surface area (TPSA) is 81.1 Å². The van der Waals surface area contributed by atoms with Gasteiger partial charge in [-0.3, -0.25) is 10.2 Å². The van der Waals surface area contributed by atoms with Gasteiger partial charge in [0.25, 0.3) is 0 Å². The van der Waals surface area contributed by atoms with Gasteiger partial charge >= 0.3 is 0 Å². The standard InChI is InChI=1S/C9H9N3O2S/c10-12-8(13)4-6-5-15-9(11-6)7-2-1-3-14-7/h1-3,5H,4,10H2,(H,12,13). The molecule has 78 valence electrons. The summed E-state index contributed by atoms with van der Waals surface area (Å²) in [5.41, 5.74) is 2.75. The Kier molecular flexibility index (Phi) is 2.79. The minimum absolute atomic E-state index is 0.188. The van der Waals surface area contributed by atoms with Gasteiger partial charge in [-0.1, -0.05) is 0 Å². The van der Waals surface area contributed by atoms with E-state index in [0.717, 1.165) is 5.01 Å². The average molecular weight is 223 g/mol. The lowest BCUT2D eigenvalue weighted by Crippen LogP contribution is -2.31. The highest BCUT2D eigenvalue weighted by atomic mass is 32.1. The summed E-state index contributed by atoms with van der Waals surface area (Å²) in [6.07, 6.45) is 1.77. The number of nitrogens with two attached hydrogens (primary N) is 1. The summed E-state index contributed by atoms with van der Waals surface area (Å²) in [4.78, 5) is 15.2. The number of hydrogen-bond donors (Lipinski definition) is 2. The van der Waals surface area contributed by atoms with Crippen molar-refractivity contribution < 1.29 is 9.21 Å². The Morgan fingerprint density at radius 3 is 3.20 bits per heavy atom. The van der Waals surface area contributed by atoms with Gasteiger partial charge in [0.2, 0.25) is 5.91 Å². The summed E-state index contributed by atoms with van der Waals surface area (Å²) >= 11 is 1.43. The van der Waals surface area contributed by atoms with Gasteiger partial charge in [-0.05, 0) is 12.1 Å². The van der Waals surface area contributed by atoms with Crippen molar-refractivity contribution >= 4 is 17.2 Å². The number of nitrogens with zero attached hydrogens (tertiary/aromatic N) is 1. The number of aromatic nitrogens is 1. The van der Waals surface area contributed by atoms with E-state index in [-0.39, 0.29) is 12.3 Å². The molecular weight excluding hydrogens is 214 g/mol. The number of carbonyl (C=O) groups is 1. The van der Waals surface area contributed by atoms with Crippen LogP contribution in [0.1, 0.15) is 5.69 Å². The van der Waals surface area contributed by atoms with Crippen LogP contribution in [-0.2, 0) is 11.2 Å².